The van der Waals surface area contributed by atoms with Crippen molar-refractivity contribution in [3.05, 3.63) is 18.0 Å². The minimum absolute atomic E-state index is 0.182. The third-order valence-corrected chi connectivity index (χ3v) is 2.20. The number of hydrogen-bond donors (Lipinski definition) is 2. The van der Waals surface area contributed by atoms with Gasteiger partial charge in [-0.15, -0.1) is 0 Å². The quantitative estimate of drug-likeness (QED) is 0.769. The molecule has 0 radical (unpaired) electrons. The zero-order valence-electron chi connectivity index (χ0n) is 9.60. The zero-order chi connectivity index (χ0) is 12.0. The Bertz CT molecular complexity index is 355. The molecule has 5 heteroatoms. The molecule has 0 aliphatic heterocycles. The van der Waals surface area contributed by atoms with Gasteiger partial charge in [-0.2, -0.15) is 0 Å². The number of carbonyl (C=O) groups is 1. The lowest BCUT2D eigenvalue weighted by Gasteiger charge is -2.12. The van der Waals surface area contributed by atoms with Gasteiger partial charge in [-0.1, -0.05) is 0 Å². The Balaban J connectivity index is 2.33. The van der Waals surface area contributed by atoms with Crippen molar-refractivity contribution in [2.75, 3.05) is 5.32 Å². The van der Waals surface area contributed by atoms with Gasteiger partial charge in [-0.25, -0.2) is 9.97 Å². The van der Waals surface area contributed by atoms with Gasteiger partial charge < -0.3 is 10.4 Å². The maximum Gasteiger partial charge on any atom is 0.303 e. The van der Waals surface area contributed by atoms with Gasteiger partial charge in [0.1, 0.15) is 0 Å². The SMILES string of the molecule is Cc1ccnc(NC(C)CCCC(=O)O)n1. The van der Waals surface area contributed by atoms with Crippen molar-refractivity contribution >= 4 is 11.9 Å². The zero-order valence-corrected chi connectivity index (χ0v) is 9.60. The molecule has 16 heavy (non-hydrogen) atoms. The summed E-state index contributed by atoms with van der Waals surface area (Å²) in [4.78, 5) is 18.6. The van der Waals surface area contributed by atoms with Crippen molar-refractivity contribution in [3.63, 3.8) is 0 Å². The molecule has 0 aliphatic carbocycles. The number of carboxylic acid groups (broad SMARTS) is 1. The van der Waals surface area contributed by atoms with E-state index in [1.54, 1.807) is 6.20 Å². The molecule has 1 atom stereocenters. The molecule has 0 saturated carbocycles. The van der Waals surface area contributed by atoms with Crippen molar-refractivity contribution < 1.29 is 9.90 Å². The summed E-state index contributed by atoms with van der Waals surface area (Å²) in [5, 5.41) is 11.6. The van der Waals surface area contributed by atoms with Crippen molar-refractivity contribution in [1.29, 1.82) is 0 Å². The number of anilines is 1. The van der Waals surface area contributed by atoms with Gasteiger partial charge in [-0.3, -0.25) is 4.79 Å². The first kappa shape index (κ1) is 12.4. The highest BCUT2D eigenvalue weighted by atomic mass is 16.4. The Morgan fingerprint density at radius 3 is 3.00 bits per heavy atom. The molecule has 0 bridgehead atoms. The molecule has 2 N–H and O–H groups in total. The Morgan fingerprint density at radius 1 is 1.62 bits per heavy atom. The minimum atomic E-state index is -0.751. The van der Waals surface area contributed by atoms with Crippen LogP contribution in [0, 0.1) is 6.92 Å². The highest BCUT2D eigenvalue weighted by Gasteiger charge is 2.05. The van der Waals surface area contributed by atoms with E-state index in [-0.39, 0.29) is 12.5 Å². The molecule has 5 nitrogen and oxygen atoms in total. The lowest BCUT2D eigenvalue weighted by atomic mass is 10.1. The van der Waals surface area contributed by atoms with Crippen molar-refractivity contribution in [2.45, 2.75) is 39.2 Å². The third kappa shape index (κ3) is 4.72. The predicted molar refractivity (Wildman–Crippen MR) is 61.3 cm³/mol. The maximum atomic E-state index is 10.3. The van der Waals surface area contributed by atoms with Crippen LogP contribution in [-0.4, -0.2) is 27.1 Å². The second kappa shape index (κ2) is 6.05. The number of aryl methyl sites for hydroxylation is 1. The fraction of sp³-hybridized carbons (Fsp3) is 0.545. The Kier molecular flexibility index (Phi) is 4.69. The molecular formula is C11H17N3O2. The molecule has 1 aromatic heterocycles. The normalized spacial score (nSPS) is 12.1. The summed E-state index contributed by atoms with van der Waals surface area (Å²) in [7, 11) is 0. The first-order valence-electron chi connectivity index (χ1n) is 5.36. The Labute approximate surface area is 94.9 Å². The molecule has 0 spiro atoms. The molecule has 1 heterocycles. The summed E-state index contributed by atoms with van der Waals surface area (Å²) < 4.78 is 0. The Morgan fingerprint density at radius 2 is 2.38 bits per heavy atom. The van der Waals surface area contributed by atoms with E-state index in [9.17, 15) is 4.79 Å². The van der Waals surface area contributed by atoms with Gasteiger partial charge in [0.05, 0.1) is 0 Å². The molecule has 0 fully saturated rings. The van der Waals surface area contributed by atoms with Gasteiger partial charge in [0.15, 0.2) is 0 Å². The van der Waals surface area contributed by atoms with E-state index < -0.39 is 5.97 Å². The lowest BCUT2D eigenvalue weighted by molar-refractivity contribution is -0.137. The van der Waals surface area contributed by atoms with Gasteiger partial charge in [-0.05, 0) is 32.8 Å². The van der Waals surface area contributed by atoms with E-state index >= 15 is 0 Å². The van der Waals surface area contributed by atoms with Crippen LogP contribution in [0.3, 0.4) is 0 Å². The number of aromatic nitrogens is 2. The molecular weight excluding hydrogens is 206 g/mol. The molecule has 0 aliphatic rings. The fourth-order valence-electron chi connectivity index (χ4n) is 1.37. The second-order valence-corrected chi connectivity index (χ2v) is 3.85. The number of aliphatic carboxylic acids is 1. The van der Waals surface area contributed by atoms with Crippen LogP contribution >= 0.6 is 0 Å². The van der Waals surface area contributed by atoms with E-state index in [0.29, 0.717) is 12.4 Å². The van der Waals surface area contributed by atoms with Crippen LogP contribution < -0.4 is 5.32 Å². The molecule has 0 amide bonds. The molecule has 1 aromatic rings. The number of hydrogen-bond acceptors (Lipinski definition) is 4. The number of rotatable bonds is 6. The lowest BCUT2D eigenvalue weighted by Crippen LogP contribution is -2.17. The molecule has 0 aromatic carbocycles. The minimum Gasteiger partial charge on any atom is -0.481 e. The fourth-order valence-corrected chi connectivity index (χ4v) is 1.37. The number of carboxylic acids is 1. The first-order chi connectivity index (χ1) is 7.58. The summed E-state index contributed by atoms with van der Waals surface area (Å²) in [5.74, 6) is -0.151. The third-order valence-electron chi connectivity index (χ3n) is 2.20. The number of nitrogens with one attached hydrogen (secondary N) is 1. The summed E-state index contributed by atoms with van der Waals surface area (Å²) in [6.07, 6.45) is 3.37. The molecule has 0 saturated heterocycles. The van der Waals surface area contributed by atoms with Crippen molar-refractivity contribution in [1.82, 2.24) is 9.97 Å². The van der Waals surface area contributed by atoms with Crippen LogP contribution in [0.2, 0.25) is 0 Å². The summed E-state index contributed by atoms with van der Waals surface area (Å²) >= 11 is 0. The number of nitrogens with zero attached hydrogens (tertiary/aromatic N) is 2. The van der Waals surface area contributed by atoms with Crippen molar-refractivity contribution in [2.24, 2.45) is 0 Å². The topological polar surface area (TPSA) is 75.1 Å². The van der Waals surface area contributed by atoms with E-state index in [2.05, 4.69) is 15.3 Å². The van der Waals surface area contributed by atoms with Crippen LogP contribution in [0.25, 0.3) is 0 Å². The largest absolute Gasteiger partial charge is 0.481 e. The smallest absolute Gasteiger partial charge is 0.303 e. The first-order valence-corrected chi connectivity index (χ1v) is 5.36. The average Bonchev–Trinajstić information content (AvgIpc) is 2.16. The summed E-state index contributed by atoms with van der Waals surface area (Å²) in [6.45, 7) is 3.90. The highest BCUT2D eigenvalue weighted by Crippen LogP contribution is 2.06. The molecule has 1 unspecified atom stereocenters. The Hall–Kier alpha value is -1.65. The second-order valence-electron chi connectivity index (χ2n) is 3.85. The maximum absolute atomic E-state index is 10.3. The van der Waals surface area contributed by atoms with Gasteiger partial charge >= 0.3 is 5.97 Å². The highest BCUT2D eigenvalue weighted by molar-refractivity contribution is 5.66. The van der Waals surface area contributed by atoms with Crippen LogP contribution in [0.5, 0.6) is 0 Å². The van der Waals surface area contributed by atoms with Gasteiger partial charge in [0, 0.05) is 24.4 Å². The van der Waals surface area contributed by atoms with Gasteiger partial charge in [0.2, 0.25) is 5.95 Å². The van der Waals surface area contributed by atoms with Crippen LogP contribution in [0.1, 0.15) is 31.9 Å². The summed E-state index contributed by atoms with van der Waals surface area (Å²) in [5.41, 5.74) is 0.912. The van der Waals surface area contributed by atoms with Gasteiger partial charge in [0.25, 0.3) is 0 Å². The van der Waals surface area contributed by atoms with Crippen LogP contribution in [-0.2, 0) is 4.79 Å². The molecule has 88 valence electrons. The van der Waals surface area contributed by atoms with Crippen molar-refractivity contribution in [3.8, 4) is 0 Å². The standard InChI is InChI=1S/C11H17N3O2/c1-8(4-3-5-10(15)16)13-11-12-7-6-9(2)14-11/h6-8H,3-5H2,1-2H3,(H,15,16)(H,12,13,14). The monoisotopic (exact) mass is 223 g/mol. The van der Waals surface area contributed by atoms with E-state index in [0.717, 1.165) is 12.1 Å². The van der Waals surface area contributed by atoms with E-state index in [4.69, 9.17) is 5.11 Å². The average molecular weight is 223 g/mol. The van der Waals surface area contributed by atoms with Crippen LogP contribution in [0.4, 0.5) is 5.95 Å². The predicted octanol–water partition coefficient (Wildman–Crippen LogP) is 1.84. The summed E-state index contributed by atoms with van der Waals surface area (Å²) in [6, 6.07) is 2.02. The molecule has 1 rings (SSSR count). The van der Waals surface area contributed by atoms with E-state index in [1.807, 2.05) is 19.9 Å². The van der Waals surface area contributed by atoms with E-state index in [1.165, 1.54) is 0 Å². The van der Waals surface area contributed by atoms with Crippen LogP contribution in [0.15, 0.2) is 12.3 Å².